The van der Waals surface area contributed by atoms with Crippen LogP contribution < -0.4 is 21.9 Å². The average Bonchev–Trinajstić information content (AvgIpc) is 2.35. The smallest absolute Gasteiger partial charge is 0.162 e. The number of benzene rings is 1. The molecule has 0 saturated carbocycles. The average molecular weight is 302 g/mol. The van der Waals surface area contributed by atoms with E-state index in [1.54, 1.807) is 18.2 Å². The SMILES string of the molecule is CCC(=O)c1ccc2c(c1)OCCO2.C[N+](C)(C)C.[Cl-]. The van der Waals surface area contributed by atoms with E-state index in [4.69, 9.17) is 9.47 Å². The largest absolute Gasteiger partial charge is 1.00 e. The Morgan fingerprint density at radius 2 is 1.60 bits per heavy atom. The van der Waals surface area contributed by atoms with Crippen LogP contribution in [0.3, 0.4) is 0 Å². The number of ketones is 1. The minimum atomic E-state index is 0. The van der Waals surface area contributed by atoms with Gasteiger partial charge in [-0.15, -0.1) is 0 Å². The maximum atomic E-state index is 11.4. The number of quaternary nitrogens is 1. The summed E-state index contributed by atoms with van der Waals surface area (Å²) >= 11 is 0. The first-order chi connectivity index (χ1) is 8.81. The Bertz CT molecular complexity index is 435. The molecule has 1 aliphatic rings. The highest BCUT2D eigenvalue weighted by molar-refractivity contribution is 5.96. The van der Waals surface area contributed by atoms with Crippen molar-refractivity contribution in [1.82, 2.24) is 0 Å². The van der Waals surface area contributed by atoms with Crippen LogP contribution in [0.4, 0.5) is 0 Å². The van der Waals surface area contributed by atoms with E-state index in [1.165, 1.54) is 0 Å². The highest BCUT2D eigenvalue weighted by Gasteiger charge is 2.13. The monoisotopic (exact) mass is 301 g/mol. The molecule has 2 rings (SSSR count). The van der Waals surface area contributed by atoms with Crippen LogP contribution in [0.25, 0.3) is 0 Å². The predicted molar refractivity (Wildman–Crippen MR) is 76.0 cm³/mol. The third kappa shape index (κ3) is 6.78. The van der Waals surface area contributed by atoms with Crippen LogP contribution in [0.15, 0.2) is 18.2 Å². The fourth-order valence-corrected chi connectivity index (χ4v) is 1.42. The summed E-state index contributed by atoms with van der Waals surface area (Å²) in [6, 6.07) is 5.32. The normalized spacial score (nSPS) is 12.7. The molecule has 0 aromatic heterocycles. The van der Waals surface area contributed by atoms with Crippen molar-refractivity contribution in [2.45, 2.75) is 13.3 Å². The van der Waals surface area contributed by atoms with Crippen molar-refractivity contribution >= 4 is 5.78 Å². The first kappa shape index (κ1) is 18.7. The van der Waals surface area contributed by atoms with E-state index in [-0.39, 0.29) is 18.2 Å². The number of nitrogens with zero attached hydrogens (tertiary/aromatic N) is 1. The summed E-state index contributed by atoms with van der Waals surface area (Å²) in [4.78, 5) is 11.4. The van der Waals surface area contributed by atoms with E-state index in [0.29, 0.717) is 30.9 Å². The summed E-state index contributed by atoms with van der Waals surface area (Å²) in [6.07, 6.45) is 0.514. The van der Waals surface area contributed by atoms with Gasteiger partial charge in [-0.25, -0.2) is 0 Å². The van der Waals surface area contributed by atoms with Crippen molar-refractivity contribution in [3.8, 4) is 11.5 Å². The molecule has 20 heavy (non-hydrogen) atoms. The summed E-state index contributed by atoms with van der Waals surface area (Å²) in [7, 11) is 8.50. The van der Waals surface area contributed by atoms with E-state index >= 15 is 0 Å². The van der Waals surface area contributed by atoms with Gasteiger partial charge in [-0.2, -0.15) is 0 Å². The molecule has 0 unspecified atom stereocenters. The number of hydrogen-bond acceptors (Lipinski definition) is 3. The molecule has 0 N–H and O–H groups in total. The highest BCUT2D eigenvalue weighted by atomic mass is 35.5. The molecule has 114 valence electrons. The van der Waals surface area contributed by atoms with Gasteiger partial charge in [0.05, 0.1) is 28.2 Å². The molecule has 1 heterocycles. The molecule has 0 radical (unpaired) electrons. The molecule has 0 saturated heterocycles. The van der Waals surface area contributed by atoms with E-state index in [0.717, 1.165) is 10.2 Å². The van der Waals surface area contributed by atoms with Gasteiger partial charge in [0, 0.05) is 12.0 Å². The third-order valence-corrected chi connectivity index (χ3v) is 2.19. The van der Waals surface area contributed by atoms with Gasteiger partial charge in [0.2, 0.25) is 0 Å². The van der Waals surface area contributed by atoms with Gasteiger partial charge in [-0.3, -0.25) is 4.79 Å². The number of rotatable bonds is 2. The number of ether oxygens (including phenoxy) is 2. The minimum Gasteiger partial charge on any atom is -1.00 e. The Morgan fingerprint density at radius 1 is 1.10 bits per heavy atom. The van der Waals surface area contributed by atoms with Gasteiger partial charge < -0.3 is 26.4 Å². The Hall–Kier alpha value is -1.26. The number of carbonyl (C=O) groups excluding carboxylic acids is 1. The summed E-state index contributed by atoms with van der Waals surface area (Å²) in [5.74, 6) is 1.53. The summed E-state index contributed by atoms with van der Waals surface area (Å²) in [5.41, 5.74) is 0.691. The molecule has 0 bridgehead atoms. The van der Waals surface area contributed by atoms with Gasteiger partial charge in [0.15, 0.2) is 17.3 Å². The molecule has 4 nitrogen and oxygen atoms in total. The fraction of sp³-hybridized carbons (Fsp3) is 0.533. The Morgan fingerprint density at radius 3 is 2.10 bits per heavy atom. The molecule has 5 heteroatoms. The number of Topliss-reactive ketones (excluding diaryl/α,β-unsaturated/α-hetero) is 1. The first-order valence-electron chi connectivity index (χ1n) is 6.53. The molecule has 1 aromatic carbocycles. The van der Waals surface area contributed by atoms with E-state index in [2.05, 4.69) is 28.2 Å². The zero-order valence-corrected chi connectivity index (χ0v) is 13.7. The zero-order chi connectivity index (χ0) is 14.5. The van der Waals surface area contributed by atoms with Crippen LogP contribution in [0.1, 0.15) is 23.7 Å². The van der Waals surface area contributed by atoms with Crippen molar-refractivity contribution in [3.05, 3.63) is 23.8 Å². The van der Waals surface area contributed by atoms with Crippen molar-refractivity contribution in [1.29, 1.82) is 0 Å². The Labute approximate surface area is 127 Å². The molecule has 1 aliphatic heterocycles. The van der Waals surface area contributed by atoms with E-state index in [9.17, 15) is 4.79 Å². The van der Waals surface area contributed by atoms with Crippen LogP contribution in [0, 0.1) is 0 Å². The second kappa shape index (κ2) is 8.12. The quantitative estimate of drug-likeness (QED) is 0.539. The van der Waals surface area contributed by atoms with Gasteiger partial charge >= 0.3 is 0 Å². The van der Waals surface area contributed by atoms with Crippen molar-refractivity contribution in [2.24, 2.45) is 0 Å². The molecule has 0 amide bonds. The Kier molecular flexibility index (Phi) is 7.61. The number of carbonyl (C=O) groups is 1. The lowest BCUT2D eigenvalue weighted by Crippen LogP contribution is -3.00. The van der Waals surface area contributed by atoms with Crippen molar-refractivity contribution < 1.29 is 31.2 Å². The lowest BCUT2D eigenvalue weighted by Gasteiger charge is -2.18. The molecule has 0 fully saturated rings. The first-order valence-corrected chi connectivity index (χ1v) is 6.53. The topological polar surface area (TPSA) is 35.5 Å². The summed E-state index contributed by atoms with van der Waals surface area (Å²) < 4.78 is 11.7. The van der Waals surface area contributed by atoms with Crippen molar-refractivity contribution in [3.63, 3.8) is 0 Å². The van der Waals surface area contributed by atoms with Gasteiger partial charge in [0.1, 0.15) is 13.2 Å². The van der Waals surface area contributed by atoms with Gasteiger partial charge in [-0.1, -0.05) is 6.92 Å². The van der Waals surface area contributed by atoms with Gasteiger partial charge in [0.25, 0.3) is 0 Å². The highest BCUT2D eigenvalue weighted by Crippen LogP contribution is 2.30. The molecule has 0 aliphatic carbocycles. The number of hydrogen-bond donors (Lipinski definition) is 0. The number of halogens is 1. The van der Waals surface area contributed by atoms with Crippen LogP contribution >= 0.6 is 0 Å². The lowest BCUT2D eigenvalue weighted by molar-refractivity contribution is -0.849. The van der Waals surface area contributed by atoms with Crippen LogP contribution in [-0.4, -0.2) is 51.7 Å². The maximum Gasteiger partial charge on any atom is 0.162 e. The molecular formula is C15H24ClNO3. The predicted octanol–water partition coefficient (Wildman–Crippen LogP) is -0.623. The van der Waals surface area contributed by atoms with Gasteiger partial charge in [-0.05, 0) is 18.2 Å². The van der Waals surface area contributed by atoms with Crippen molar-refractivity contribution in [2.75, 3.05) is 41.4 Å². The standard InChI is InChI=1S/C11H12O3.C4H12N.ClH/c1-2-9(12)8-3-4-10-11(7-8)14-6-5-13-10;1-5(2,3)4;/h3-4,7H,2,5-6H2,1H3;1-4H3;1H/q;+1;/p-1. The van der Waals surface area contributed by atoms with E-state index < -0.39 is 0 Å². The zero-order valence-electron chi connectivity index (χ0n) is 12.9. The molecule has 0 atom stereocenters. The molecule has 0 spiro atoms. The fourth-order valence-electron chi connectivity index (χ4n) is 1.42. The molecular weight excluding hydrogens is 278 g/mol. The van der Waals surface area contributed by atoms with E-state index in [1.807, 2.05) is 6.92 Å². The summed E-state index contributed by atoms with van der Waals surface area (Å²) in [5, 5.41) is 0. The minimum absolute atomic E-state index is 0. The lowest BCUT2D eigenvalue weighted by atomic mass is 10.1. The number of fused-ring (bicyclic) bond motifs is 1. The summed E-state index contributed by atoms with van der Waals surface area (Å²) in [6.45, 7) is 2.98. The molecule has 1 aromatic rings. The van der Waals surface area contributed by atoms with Crippen LogP contribution in [-0.2, 0) is 0 Å². The second-order valence-electron chi connectivity index (χ2n) is 5.82. The van der Waals surface area contributed by atoms with Crippen LogP contribution in [0.2, 0.25) is 0 Å². The van der Waals surface area contributed by atoms with Crippen LogP contribution in [0.5, 0.6) is 11.5 Å². The second-order valence-corrected chi connectivity index (χ2v) is 5.82. The third-order valence-electron chi connectivity index (χ3n) is 2.19. The Balaban J connectivity index is 0.000000526. The maximum absolute atomic E-state index is 11.4.